The van der Waals surface area contributed by atoms with Crippen LogP contribution in [0.25, 0.3) is 0 Å². The number of nitrogens with one attached hydrogen (secondary N) is 1. The molecule has 0 radical (unpaired) electrons. The summed E-state index contributed by atoms with van der Waals surface area (Å²) in [7, 11) is 3.96. The number of amides is 1. The fourth-order valence-corrected chi connectivity index (χ4v) is 3.23. The first-order valence-electron chi connectivity index (χ1n) is 10.9. The molecule has 0 fully saturated rings. The minimum atomic E-state index is 0.0474. The summed E-state index contributed by atoms with van der Waals surface area (Å²) in [6, 6.07) is 15.7. The minimum absolute atomic E-state index is 0.0474. The molecule has 3 rings (SSSR count). The Morgan fingerprint density at radius 3 is 2.45 bits per heavy atom. The second-order valence-corrected chi connectivity index (χ2v) is 9.09. The number of hydrogen-bond donors (Lipinski definition) is 1. The van der Waals surface area contributed by atoms with Crippen LogP contribution >= 0.6 is 0 Å². The van der Waals surface area contributed by atoms with Gasteiger partial charge in [-0.15, -0.1) is 0 Å². The molecule has 0 bridgehead atoms. The number of aromatic nitrogens is 2. The molecule has 0 aliphatic carbocycles. The average Bonchev–Trinajstić information content (AvgIpc) is 2.79. The molecule has 0 unspecified atom stereocenters. The third kappa shape index (κ3) is 6.64. The molecule has 0 saturated heterocycles. The van der Waals surface area contributed by atoms with Gasteiger partial charge in [0.1, 0.15) is 5.69 Å². The summed E-state index contributed by atoms with van der Waals surface area (Å²) >= 11 is 0. The van der Waals surface area contributed by atoms with Gasteiger partial charge < -0.3 is 5.32 Å². The largest absolute Gasteiger partial charge is 0.364 e. The van der Waals surface area contributed by atoms with Gasteiger partial charge >= 0.3 is 0 Å². The first kappa shape index (κ1) is 24.0. The first-order valence-corrected chi connectivity index (χ1v) is 10.9. The fraction of sp³-hybridized carbons (Fsp3) is 0.296. The van der Waals surface area contributed by atoms with Gasteiger partial charge in [-0.3, -0.25) is 14.6 Å². The molecule has 2 aromatic heterocycles. The molecule has 3 aromatic rings. The smallest absolute Gasteiger partial charge is 0.218 e. The molecule has 0 aliphatic rings. The van der Waals surface area contributed by atoms with Gasteiger partial charge in [-0.2, -0.15) is 0 Å². The summed E-state index contributed by atoms with van der Waals surface area (Å²) in [6.07, 6.45) is 4.28. The van der Waals surface area contributed by atoms with E-state index in [4.69, 9.17) is 0 Å². The summed E-state index contributed by atoms with van der Waals surface area (Å²) < 4.78 is 0. The zero-order valence-corrected chi connectivity index (χ0v) is 20.0. The van der Waals surface area contributed by atoms with Gasteiger partial charge in [0.25, 0.3) is 0 Å². The van der Waals surface area contributed by atoms with E-state index in [2.05, 4.69) is 60.0 Å². The molecule has 170 valence electrons. The molecule has 0 aliphatic heterocycles. The number of hydrogen-bond acceptors (Lipinski definition) is 5. The van der Waals surface area contributed by atoms with Crippen molar-refractivity contribution in [2.45, 2.75) is 32.7 Å². The Labute approximate surface area is 196 Å². The Bertz CT molecular complexity index is 1140. The van der Waals surface area contributed by atoms with Crippen LogP contribution in [0, 0.1) is 11.8 Å². The highest BCUT2D eigenvalue weighted by Gasteiger charge is 2.17. The molecule has 0 atom stereocenters. The predicted molar refractivity (Wildman–Crippen MR) is 135 cm³/mol. The molecule has 1 N–H and O–H groups in total. The highest BCUT2D eigenvalue weighted by Crippen LogP contribution is 2.31. The second-order valence-electron chi connectivity index (χ2n) is 9.09. The maximum Gasteiger partial charge on any atom is 0.218 e. The Morgan fingerprint density at radius 1 is 1.03 bits per heavy atom. The lowest BCUT2D eigenvalue weighted by Crippen LogP contribution is -2.17. The quantitative estimate of drug-likeness (QED) is 0.429. The van der Waals surface area contributed by atoms with Crippen LogP contribution in [0.1, 0.15) is 37.6 Å². The standard InChI is InChI=1S/C27H31N5O/c1-27(2,3)22-10-12-24(13-11-22)32(20-33)25-9-6-15-29-26(25)30-19-21-14-16-28-23(18-21)8-7-17-31(4)5/h6,9-16,18,20H,17,19H2,1-5H3,(H,29,30). The third-order valence-corrected chi connectivity index (χ3v) is 5.06. The number of benzene rings is 1. The number of anilines is 3. The van der Waals surface area contributed by atoms with Crippen molar-refractivity contribution >= 4 is 23.6 Å². The van der Waals surface area contributed by atoms with Crippen LogP contribution in [0.3, 0.4) is 0 Å². The van der Waals surface area contributed by atoms with Crippen molar-refractivity contribution < 1.29 is 4.79 Å². The molecule has 6 heteroatoms. The normalized spacial score (nSPS) is 11.0. The van der Waals surface area contributed by atoms with Crippen molar-refractivity contribution in [3.63, 3.8) is 0 Å². The van der Waals surface area contributed by atoms with Crippen molar-refractivity contribution in [1.82, 2.24) is 14.9 Å². The van der Waals surface area contributed by atoms with Gasteiger partial charge in [0.2, 0.25) is 6.41 Å². The number of carbonyl (C=O) groups is 1. The Kier molecular flexibility index (Phi) is 7.81. The van der Waals surface area contributed by atoms with E-state index in [1.807, 2.05) is 55.4 Å². The van der Waals surface area contributed by atoms with E-state index < -0.39 is 0 Å². The van der Waals surface area contributed by atoms with Crippen LogP contribution in [0.2, 0.25) is 0 Å². The summed E-state index contributed by atoms with van der Waals surface area (Å²) in [5.74, 6) is 6.82. The van der Waals surface area contributed by atoms with Crippen molar-refractivity contribution in [3.05, 3.63) is 77.7 Å². The highest BCUT2D eigenvalue weighted by molar-refractivity contribution is 5.90. The molecule has 2 heterocycles. The van der Waals surface area contributed by atoms with E-state index in [9.17, 15) is 4.79 Å². The van der Waals surface area contributed by atoms with Crippen molar-refractivity contribution in [1.29, 1.82) is 0 Å². The monoisotopic (exact) mass is 441 g/mol. The fourth-order valence-electron chi connectivity index (χ4n) is 3.23. The first-order chi connectivity index (χ1) is 15.8. The van der Waals surface area contributed by atoms with Gasteiger partial charge in [0.15, 0.2) is 5.82 Å². The maximum atomic E-state index is 12.1. The third-order valence-electron chi connectivity index (χ3n) is 5.06. The Balaban J connectivity index is 1.79. The summed E-state index contributed by atoms with van der Waals surface area (Å²) in [5.41, 5.74) is 4.50. The predicted octanol–water partition coefficient (Wildman–Crippen LogP) is 4.59. The topological polar surface area (TPSA) is 61.4 Å². The lowest BCUT2D eigenvalue weighted by atomic mass is 9.87. The molecule has 1 amide bonds. The van der Waals surface area contributed by atoms with Crippen LogP contribution < -0.4 is 10.2 Å². The van der Waals surface area contributed by atoms with Crippen LogP contribution in [-0.4, -0.2) is 41.9 Å². The zero-order valence-electron chi connectivity index (χ0n) is 20.0. The van der Waals surface area contributed by atoms with Crippen molar-refractivity contribution in [2.75, 3.05) is 30.9 Å². The van der Waals surface area contributed by atoms with E-state index in [0.29, 0.717) is 24.6 Å². The molecule has 33 heavy (non-hydrogen) atoms. The molecule has 0 saturated carbocycles. The molecular weight excluding hydrogens is 410 g/mol. The van der Waals surface area contributed by atoms with Crippen LogP contribution in [0.4, 0.5) is 17.2 Å². The van der Waals surface area contributed by atoms with Gasteiger partial charge in [-0.1, -0.05) is 38.8 Å². The van der Waals surface area contributed by atoms with Crippen LogP contribution in [0.5, 0.6) is 0 Å². The molecular formula is C27H31N5O. The lowest BCUT2D eigenvalue weighted by Gasteiger charge is -2.23. The maximum absolute atomic E-state index is 12.1. The summed E-state index contributed by atoms with van der Waals surface area (Å²) in [4.78, 5) is 24.5. The van der Waals surface area contributed by atoms with E-state index in [-0.39, 0.29) is 5.41 Å². The number of nitrogens with zero attached hydrogens (tertiary/aromatic N) is 4. The van der Waals surface area contributed by atoms with Crippen LogP contribution in [0.15, 0.2) is 60.9 Å². The second kappa shape index (κ2) is 10.8. The Morgan fingerprint density at radius 2 is 1.79 bits per heavy atom. The summed E-state index contributed by atoms with van der Waals surface area (Å²) in [6.45, 7) is 7.72. The van der Waals surface area contributed by atoms with E-state index in [0.717, 1.165) is 23.4 Å². The van der Waals surface area contributed by atoms with E-state index in [1.165, 1.54) is 5.56 Å². The van der Waals surface area contributed by atoms with Crippen LogP contribution in [-0.2, 0) is 16.8 Å². The SMILES string of the molecule is CN(C)CC#Cc1cc(CNc2ncccc2N(C=O)c2ccc(C(C)(C)C)cc2)ccn1. The number of carbonyl (C=O) groups excluding carboxylic acids is 1. The van der Waals surface area contributed by atoms with Crippen molar-refractivity contribution in [2.24, 2.45) is 0 Å². The minimum Gasteiger partial charge on any atom is -0.364 e. The van der Waals surface area contributed by atoms with Gasteiger partial charge in [-0.25, -0.2) is 9.97 Å². The van der Waals surface area contributed by atoms with Gasteiger partial charge in [0.05, 0.1) is 12.2 Å². The number of pyridine rings is 2. The average molecular weight is 442 g/mol. The molecule has 0 spiro atoms. The van der Waals surface area contributed by atoms with Gasteiger partial charge in [0, 0.05) is 24.6 Å². The zero-order chi connectivity index (χ0) is 23.8. The molecule has 1 aromatic carbocycles. The van der Waals surface area contributed by atoms with Gasteiger partial charge in [-0.05, 0) is 73.0 Å². The van der Waals surface area contributed by atoms with E-state index in [1.54, 1.807) is 17.3 Å². The Hall–Kier alpha value is -3.69. The van der Waals surface area contributed by atoms with Crippen molar-refractivity contribution in [3.8, 4) is 11.8 Å². The highest BCUT2D eigenvalue weighted by atomic mass is 16.1. The lowest BCUT2D eigenvalue weighted by molar-refractivity contribution is -0.106. The number of rotatable bonds is 7. The molecule has 6 nitrogen and oxygen atoms in total. The summed E-state index contributed by atoms with van der Waals surface area (Å²) in [5, 5.41) is 3.36. The van der Waals surface area contributed by atoms with E-state index >= 15 is 0 Å².